The molecule has 1 saturated carbocycles. The molecule has 21 heavy (non-hydrogen) atoms. The fourth-order valence-corrected chi connectivity index (χ4v) is 3.30. The van der Waals surface area contributed by atoms with Crippen LogP contribution in [0.25, 0.3) is 0 Å². The van der Waals surface area contributed by atoms with Gasteiger partial charge in [-0.15, -0.1) is 0 Å². The fourth-order valence-electron chi connectivity index (χ4n) is 3.30. The molecule has 3 N–H and O–H groups in total. The van der Waals surface area contributed by atoms with E-state index in [0.717, 1.165) is 25.7 Å². The highest BCUT2D eigenvalue weighted by molar-refractivity contribution is 6.02. The minimum atomic E-state index is -0.486. The number of nitrogens with one attached hydrogen (secondary N) is 2. The molecule has 1 amide bonds. The molecule has 0 saturated heterocycles. The second-order valence-corrected chi connectivity index (χ2v) is 6.00. The number of amides is 1. The number of aromatic amines is 1. The Balaban J connectivity index is 2.00. The first kappa shape index (κ1) is 15.8. The van der Waals surface area contributed by atoms with Crippen molar-refractivity contribution in [3.8, 4) is 0 Å². The number of rotatable bonds is 5. The Bertz CT molecular complexity index is 542. The highest BCUT2D eigenvalue weighted by Crippen LogP contribution is 2.27. The third-order valence-corrected chi connectivity index (χ3v) is 4.43. The number of H-pyrrole nitrogens is 1. The van der Waals surface area contributed by atoms with Crippen LogP contribution < -0.4 is 5.32 Å². The van der Waals surface area contributed by atoms with E-state index in [0.29, 0.717) is 28.4 Å². The molecule has 116 valence electrons. The van der Waals surface area contributed by atoms with Gasteiger partial charge in [0.1, 0.15) is 5.69 Å². The van der Waals surface area contributed by atoms with Crippen molar-refractivity contribution in [1.82, 2.24) is 10.3 Å². The quantitative estimate of drug-likeness (QED) is 0.727. The van der Waals surface area contributed by atoms with Gasteiger partial charge in [0.15, 0.2) is 5.78 Å². The predicted molar refractivity (Wildman–Crippen MR) is 80.6 cm³/mol. The summed E-state index contributed by atoms with van der Waals surface area (Å²) in [7, 11) is 0. The molecule has 0 bridgehead atoms. The third-order valence-electron chi connectivity index (χ3n) is 4.43. The van der Waals surface area contributed by atoms with E-state index in [1.807, 2.05) is 0 Å². The number of hydrogen-bond acceptors (Lipinski definition) is 3. The van der Waals surface area contributed by atoms with Crippen LogP contribution in [0.1, 0.15) is 64.7 Å². The number of aliphatic hydroxyl groups is 1. The average Bonchev–Trinajstić information content (AvgIpc) is 3.03. The predicted octanol–water partition coefficient (Wildman–Crippen LogP) is 2.12. The van der Waals surface area contributed by atoms with Gasteiger partial charge in [0.25, 0.3) is 5.91 Å². The second-order valence-electron chi connectivity index (χ2n) is 6.00. The van der Waals surface area contributed by atoms with Crippen molar-refractivity contribution in [2.24, 2.45) is 5.92 Å². The zero-order chi connectivity index (χ0) is 15.6. The minimum absolute atomic E-state index is 0.0497. The molecule has 1 atom stereocenters. The molecule has 1 fully saturated rings. The van der Waals surface area contributed by atoms with Crippen molar-refractivity contribution < 1.29 is 14.7 Å². The van der Waals surface area contributed by atoms with Gasteiger partial charge in [0, 0.05) is 17.8 Å². The molecular formula is C16H24N2O3. The first-order valence-electron chi connectivity index (χ1n) is 7.58. The molecule has 5 nitrogen and oxygen atoms in total. The number of carbonyl (C=O) groups is 2. The van der Waals surface area contributed by atoms with E-state index >= 15 is 0 Å². The van der Waals surface area contributed by atoms with Crippen molar-refractivity contribution >= 4 is 11.7 Å². The van der Waals surface area contributed by atoms with Crippen LogP contribution in [0.15, 0.2) is 0 Å². The summed E-state index contributed by atoms with van der Waals surface area (Å²) in [6.07, 6.45) is 3.90. The SMILES string of the molecule is CC(=O)c1c(C)[nH]c(C(=O)NCC(O)C2CCCC2)c1C. The number of aliphatic hydroxyl groups excluding tert-OH is 1. The molecule has 1 aliphatic carbocycles. The largest absolute Gasteiger partial charge is 0.391 e. The van der Waals surface area contributed by atoms with Gasteiger partial charge < -0.3 is 15.4 Å². The van der Waals surface area contributed by atoms with Gasteiger partial charge in [-0.25, -0.2) is 0 Å². The Morgan fingerprint density at radius 2 is 1.95 bits per heavy atom. The van der Waals surface area contributed by atoms with Crippen molar-refractivity contribution in [3.05, 3.63) is 22.5 Å². The Labute approximate surface area is 125 Å². The number of carbonyl (C=O) groups excluding carboxylic acids is 2. The lowest BCUT2D eigenvalue weighted by atomic mass is 10.0. The summed E-state index contributed by atoms with van der Waals surface area (Å²) < 4.78 is 0. The maximum absolute atomic E-state index is 12.2. The van der Waals surface area contributed by atoms with Crippen molar-refractivity contribution in [3.63, 3.8) is 0 Å². The van der Waals surface area contributed by atoms with Crippen LogP contribution in [-0.4, -0.2) is 34.4 Å². The van der Waals surface area contributed by atoms with Gasteiger partial charge >= 0.3 is 0 Å². The summed E-state index contributed by atoms with van der Waals surface area (Å²) in [5.41, 5.74) is 2.38. The van der Waals surface area contributed by atoms with Gasteiger partial charge in [-0.3, -0.25) is 9.59 Å². The number of ketones is 1. The van der Waals surface area contributed by atoms with Crippen LogP contribution in [0, 0.1) is 19.8 Å². The summed E-state index contributed by atoms with van der Waals surface area (Å²) in [6.45, 7) is 5.31. The first-order valence-corrected chi connectivity index (χ1v) is 7.58. The molecule has 5 heteroatoms. The molecular weight excluding hydrogens is 268 g/mol. The lowest BCUT2D eigenvalue weighted by Crippen LogP contribution is -2.36. The summed E-state index contributed by atoms with van der Waals surface area (Å²) in [4.78, 5) is 26.8. The maximum atomic E-state index is 12.2. The molecule has 0 radical (unpaired) electrons. The number of aryl methyl sites for hydroxylation is 1. The molecule has 0 aliphatic heterocycles. The standard InChI is InChI=1S/C16H24N2O3/c1-9-14(11(3)19)10(2)18-15(9)16(21)17-8-13(20)12-6-4-5-7-12/h12-13,18,20H,4-8H2,1-3H3,(H,17,21). The highest BCUT2D eigenvalue weighted by atomic mass is 16.3. The zero-order valence-electron chi connectivity index (χ0n) is 13.0. The van der Waals surface area contributed by atoms with E-state index < -0.39 is 6.10 Å². The lowest BCUT2D eigenvalue weighted by Gasteiger charge is -2.17. The minimum Gasteiger partial charge on any atom is -0.391 e. The Hall–Kier alpha value is -1.62. The molecule has 1 heterocycles. The molecule has 1 aromatic heterocycles. The van der Waals surface area contributed by atoms with Crippen LogP contribution in [0.5, 0.6) is 0 Å². The fraction of sp³-hybridized carbons (Fsp3) is 0.625. The maximum Gasteiger partial charge on any atom is 0.268 e. The Morgan fingerprint density at radius 1 is 1.33 bits per heavy atom. The third kappa shape index (κ3) is 3.35. The number of aromatic nitrogens is 1. The monoisotopic (exact) mass is 292 g/mol. The Kier molecular flexibility index (Phi) is 4.83. The van der Waals surface area contributed by atoms with Crippen LogP contribution in [0.3, 0.4) is 0 Å². The van der Waals surface area contributed by atoms with E-state index in [4.69, 9.17) is 0 Å². The van der Waals surface area contributed by atoms with Crippen molar-refractivity contribution in [2.45, 2.75) is 52.6 Å². The summed E-state index contributed by atoms with van der Waals surface area (Å²) in [5, 5.41) is 12.8. The van der Waals surface area contributed by atoms with E-state index in [2.05, 4.69) is 10.3 Å². The van der Waals surface area contributed by atoms with E-state index in [-0.39, 0.29) is 18.2 Å². The second kappa shape index (κ2) is 6.43. The van der Waals surface area contributed by atoms with Crippen molar-refractivity contribution in [2.75, 3.05) is 6.54 Å². The molecule has 1 unspecified atom stereocenters. The Morgan fingerprint density at radius 3 is 2.48 bits per heavy atom. The number of Topliss-reactive ketones (excluding diaryl/α,β-unsaturated/α-hetero) is 1. The van der Waals surface area contributed by atoms with Crippen LogP contribution in [-0.2, 0) is 0 Å². The van der Waals surface area contributed by atoms with E-state index in [1.165, 1.54) is 6.92 Å². The van der Waals surface area contributed by atoms with E-state index in [1.54, 1.807) is 13.8 Å². The lowest BCUT2D eigenvalue weighted by molar-refractivity contribution is 0.0836. The van der Waals surface area contributed by atoms with Gasteiger partial charge in [-0.2, -0.15) is 0 Å². The van der Waals surface area contributed by atoms with Crippen LogP contribution in [0.2, 0.25) is 0 Å². The normalized spacial score (nSPS) is 17.0. The van der Waals surface area contributed by atoms with Gasteiger partial charge in [-0.05, 0) is 45.1 Å². The highest BCUT2D eigenvalue weighted by Gasteiger charge is 2.25. The van der Waals surface area contributed by atoms with E-state index in [9.17, 15) is 14.7 Å². The summed E-state index contributed by atoms with van der Waals surface area (Å²) in [6, 6.07) is 0. The van der Waals surface area contributed by atoms with Crippen LogP contribution in [0.4, 0.5) is 0 Å². The van der Waals surface area contributed by atoms with Crippen LogP contribution >= 0.6 is 0 Å². The smallest absolute Gasteiger partial charge is 0.268 e. The number of hydrogen-bond donors (Lipinski definition) is 3. The molecule has 1 aromatic rings. The zero-order valence-corrected chi connectivity index (χ0v) is 13.0. The summed E-state index contributed by atoms with van der Waals surface area (Å²) >= 11 is 0. The molecule has 1 aliphatic rings. The molecule has 0 spiro atoms. The van der Waals surface area contributed by atoms with Gasteiger partial charge in [-0.1, -0.05) is 12.8 Å². The molecule has 0 aromatic carbocycles. The van der Waals surface area contributed by atoms with Crippen molar-refractivity contribution in [1.29, 1.82) is 0 Å². The first-order chi connectivity index (χ1) is 9.91. The topological polar surface area (TPSA) is 82.2 Å². The average molecular weight is 292 g/mol. The van der Waals surface area contributed by atoms with Gasteiger partial charge in [0.2, 0.25) is 0 Å². The molecule has 2 rings (SSSR count). The van der Waals surface area contributed by atoms with Gasteiger partial charge in [0.05, 0.1) is 6.10 Å². The summed E-state index contributed by atoms with van der Waals surface area (Å²) in [5.74, 6) is -0.0176.